The molecule has 2 aromatic heterocycles. The van der Waals surface area contributed by atoms with E-state index in [0.717, 1.165) is 11.1 Å². The fraction of sp³-hybridized carbons (Fsp3) is 0.0769. The molecule has 0 radical (unpaired) electrons. The van der Waals surface area contributed by atoms with Crippen LogP contribution in [-0.2, 0) is 7.05 Å². The number of nitriles is 1. The van der Waals surface area contributed by atoms with Crippen LogP contribution in [0.3, 0.4) is 0 Å². The van der Waals surface area contributed by atoms with Crippen LogP contribution in [0.4, 0.5) is 5.82 Å². The Bertz CT molecular complexity index is 870. The van der Waals surface area contributed by atoms with Crippen molar-refractivity contribution in [2.75, 3.05) is 5.32 Å². The Morgan fingerprint density at radius 1 is 1.30 bits per heavy atom. The lowest BCUT2D eigenvalue weighted by atomic mass is 10.1. The van der Waals surface area contributed by atoms with Gasteiger partial charge in [0.1, 0.15) is 0 Å². The molecule has 0 saturated heterocycles. The molecule has 98 valence electrons. The van der Waals surface area contributed by atoms with Crippen LogP contribution in [0.15, 0.2) is 39.5 Å². The van der Waals surface area contributed by atoms with E-state index < -0.39 is 5.76 Å². The van der Waals surface area contributed by atoms with Crippen molar-refractivity contribution in [3.63, 3.8) is 0 Å². The molecule has 0 aliphatic rings. The molecule has 3 aromatic rings. The molecule has 0 aliphatic carbocycles. The van der Waals surface area contributed by atoms with E-state index in [1.165, 1.54) is 4.57 Å². The van der Waals surface area contributed by atoms with Crippen LogP contribution in [0.25, 0.3) is 22.4 Å². The van der Waals surface area contributed by atoms with Gasteiger partial charge in [-0.25, -0.2) is 4.79 Å². The standard InChI is InChI=1S/C13H9N5O2/c1-18-10-4-2-8(6-11(10)20-13(18)19)9-3-5-12(15-7-14)17-16-9/h2-6H,1H3,(H,15,17). The highest BCUT2D eigenvalue weighted by molar-refractivity contribution is 5.79. The molecule has 2 heterocycles. The normalized spacial score (nSPS) is 10.4. The third-order valence-corrected chi connectivity index (χ3v) is 2.94. The molecule has 0 saturated carbocycles. The SMILES string of the molecule is Cn1c(=O)oc2cc(-c3ccc(NC#N)nn3)ccc21. The first-order valence-electron chi connectivity index (χ1n) is 5.78. The largest absolute Gasteiger partial charge is 0.419 e. The summed E-state index contributed by atoms with van der Waals surface area (Å²) < 4.78 is 6.56. The number of anilines is 1. The lowest BCUT2D eigenvalue weighted by Gasteiger charge is -2.01. The fourth-order valence-corrected chi connectivity index (χ4v) is 1.90. The van der Waals surface area contributed by atoms with Crippen LogP contribution in [0.5, 0.6) is 0 Å². The fourth-order valence-electron chi connectivity index (χ4n) is 1.90. The second kappa shape index (κ2) is 4.51. The van der Waals surface area contributed by atoms with Gasteiger partial charge in [-0.3, -0.25) is 9.88 Å². The monoisotopic (exact) mass is 267 g/mol. The summed E-state index contributed by atoms with van der Waals surface area (Å²) in [6.45, 7) is 0. The Labute approximate surface area is 113 Å². The number of rotatable bonds is 2. The van der Waals surface area contributed by atoms with E-state index >= 15 is 0 Å². The first kappa shape index (κ1) is 11.9. The molecular weight excluding hydrogens is 258 g/mol. The van der Waals surface area contributed by atoms with Crippen LogP contribution in [0.2, 0.25) is 0 Å². The Morgan fingerprint density at radius 2 is 2.15 bits per heavy atom. The molecule has 3 rings (SSSR count). The van der Waals surface area contributed by atoms with Gasteiger partial charge >= 0.3 is 5.76 Å². The molecule has 0 amide bonds. The zero-order valence-corrected chi connectivity index (χ0v) is 10.5. The van der Waals surface area contributed by atoms with Gasteiger partial charge < -0.3 is 4.42 Å². The van der Waals surface area contributed by atoms with Gasteiger partial charge in [0.2, 0.25) is 0 Å². The molecule has 1 N–H and O–H groups in total. The second-order valence-electron chi connectivity index (χ2n) is 4.15. The topological polar surface area (TPSA) is 96.7 Å². The first-order valence-corrected chi connectivity index (χ1v) is 5.78. The van der Waals surface area contributed by atoms with Gasteiger partial charge in [0, 0.05) is 12.6 Å². The van der Waals surface area contributed by atoms with Crippen LogP contribution in [0, 0.1) is 11.5 Å². The number of nitrogens with one attached hydrogen (secondary N) is 1. The number of hydrogen-bond donors (Lipinski definition) is 1. The summed E-state index contributed by atoms with van der Waals surface area (Å²) in [7, 11) is 1.65. The molecular formula is C13H9N5O2. The van der Waals surface area contributed by atoms with Crippen molar-refractivity contribution in [2.24, 2.45) is 7.05 Å². The summed E-state index contributed by atoms with van der Waals surface area (Å²) in [5, 5.41) is 18.8. The predicted molar refractivity (Wildman–Crippen MR) is 71.7 cm³/mol. The number of nitrogens with zero attached hydrogens (tertiary/aromatic N) is 4. The highest BCUT2D eigenvalue weighted by Crippen LogP contribution is 2.22. The second-order valence-corrected chi connectivity index (χ2v) is 4.15. The Balaban J connectivity index is 2.06. The number of hydrogen-bond acceptors (Lipinski definition) is 6. The summed E-state index contributed by atoms with van der Waals surface area (Å²) in [6.07, 6.45) is 1.77. The summed E-state index contributed by atoms with van der Waals surface area (Å²) >= 11 is 0. The minimum Gasteiger partial charge on any atom is -0.408 e. The lowest BCUT2D eigenvalue weighted by molar-refractivity contribution is 0.528. The zero-order chi connectivity index (χ0) is 14.1. The number of benzene rings is 1. The summed E-state index contributed by atoms with van der Waals surface area (Å²) in [5.41, 5.74) is 2.62. The van der Waals surface area contributed by atoms with E-state index in [9.17, 15) is 4.79 Å². The molecule has 7 heteroatoms. The van der Waals surface area contributed by atoms with Crippen molar-refractivity contribution >= 4 is 16.9 Å². The van der Waals surface area contributed by atoms with Crippen molar-refractivity contribution in [3.05, 3.63) is 40.9 Å². The zero-order valence-electron chi connectivity index (χ0n) is 10.5. The number of aromatic nitrogens is 3. The number of fused-ring (bicyclic) bond motifs is 1. The van der Waals surface area contributed by atoms with Crippen LogP contribution >= 0.6 is 0 Å². The maximum Gasteiger partial charge on any atom is 0.419 e. The first-order chi connectivity index (χ1) is 9.69. The molecule has 0 unspecified atom stereocenters. The third kappa shape index (κ3) is 1.89. The average Bonchev–Trinajstić information content (AvgIpc) is 2.75. The molecule has 0 bridgehead atoms. The van der Waals surface area contributed by atoms with Gasteiger partial charge in [-0.15, -0.1) is 10.2 Å². The summed E-state index contributed by atoms with van der Waals surface area (Å²) in [5.74, 6) is -0.0274. The Hall–Kier alpha value is -3.14. The minimum atomic E-state index is -0.406. The Morgan fingerprint density at radius 3 is 2.85 bits per heavy atom. The van der Waals surface area contributed by atoms with E-state index in [1.54, 1.807) is 37.5 Å². The van der Waals surface area contributed by atoms with Crippen molar-refractivity contribution in [3.8, 4) is 17.5 Å². The highest BCUT2D eigenvalue weighted by atomic mass is 16.4. The van der Waals surface area contributed by atoms with E-state index in [0.29, 0.717) is 17.1 Å². The molecule has 0 spiro atoms. The molecule has 0 fully saturated rings. The van der Waals surface area contributed by atoms with Crippen LogP contribution in [0.1, 0.15) is 0 Å². The van der Waals surface area contributed by atoms with Crippen LogP contribution in [-0.4, -0.2) is 14.8 Å². The van der Waals surface area contributed by atoms with E-state index in [-0.39, 0.29) is 0 Å². The molecule has 7 nitrogen and oxygen atoms in total. The maximum atomic E-state index is 11.4. The predicted octanol–water partition coefficient (Wildman–Crippen LogP) is 1.48. The quantitative estimate of drug-likeness (QED) is 0.558. The maximum absolute atomic E-state index is 11.4. The summed E-state index contributed by atoms with van der Waals surface area (Å²) in [6, 6.07) is 8.74. The molecule has 1 aromatic carbocycles. The van der Waals surface area contributed by atoms with Gasteiger partial charge in [0.05, 0.1) is 11.2 Å². The van der Waals surface area contributed by atoms with Crippen molar-refractivity contribution in [2.45, 2.75) is 0 Å². The van der Waals surface area contributed by atoms with Gasteiger partial charge in [0.25, 0.3) is 0 Å². The van der Waals surface area contributed by atoms with E-state index in [4.69, 9.17) is 9.68 Å². The van der Waals surface area contributed by atoms with Crippen LogP contribution < -0.4 is 11.1 Å². The van der Waals surface area contributed by atoms with E-state index in [2.05, 4.69) is 15.5 Å². The molecule has 0 aliphatic heterocycles. The van der Waals surface area contributed by atoms with E-state index in [1.807, 2.05) is 6.07 Å². The van der Waals surface area contributed by atoms with Gasteiger partial charge in [-0.1, -0.05) is 6.07 Å². The van der Waals surface area contributed by atoms with Crippen molar-refractivity contribution < 1.29 is 4.42 Å². The number of oxazole rings is 1. The minimum absolute atomic E-state index is 0.378. The molecule has 0 atom stereocenters. The van der Waals surface area contributed by atoms with Crippen molar-refractivity contribution in [1.82, 2.24) is 14.8 Å². The van der Waals surface area contributed by atoms with Crippen molar-refractivity contribution in [1.29, 1.82) is 5.26 Å². The van der Waals surface area contributed by atoms with Gasteiger partial charge in [0.15, 0.2) is 17.6 Å². The van der Waals surface area contributed by atoms with Gasteiger partial charge in [-0.05, 0) is 24.3 Å². The Kier molecular flexibility index (Phi) is 2.69. The average molecular weight is 267 g/mol. The highest BCUT2D eigenvalue weighted by Gasteiger charge is 2.08. The lowest BCUT2D eigenvalue weighted by Crippen LogP contribution is -2.08. The summed E-state index contributed by atoms with van der Waals surface area (Å²) in [4.78, 5) is 11.4. The third-order valence-electron chi connectivity index (χ3n) is 2.94. The number of aryl methyl sites for hydroxylation is 1. The smallest absolute Gasteiger partial charge is 0.408 e. The van der Waals surface area contributed by atoms with Gasteiger partial charge in [-0.2, -0.15) is 5.26 Å². The molecule has 20 heavy (non-hydrogen) atoms.